The highest BCUT2D eigenvalue weighted by Crippen LogP contribution is 2.13. The maximum Gasteiger partial charge on any atom is 0.239 e. The van der Waals surface area contributed by atoms with Crippen molar-refractivity contribution < 1.29 is 9.90 Å². The second kappa shape index (κ2) is 8.59. The fourth-order valence-electron chi connectivity index (χ4n) is 1.84. The lowest BCUT2D eigenvalue weighted by Gasteiger charge is -2.25. The summed E-state index contributed by atoms with van der Waals surface area (Å²) in [6, 6.07) is 9.99. The molecule has 0 aliphatic carbocycles. The molecule has 0 spiro atoms. The topological polar surface area (TPSA) is 52.6 Å². The highest BCUT2D eigenvalue weighted by Gasteiger charge is 2.14. The van der Waals surface area contributed by atoms with Crippen molar-refractivity contribution in [2.24, 2.45) is 5.92 Å². The largest absolute Gasteiger partial charge is 0.396 e. The first-order valence-electron chi connectivity index (χ1n) is 7.24. The number of para-hydroxylation sites is 1. The third kappa shape index (κ3) is 5.61. The van der Waals surface area contributed by atoms with E-state index in [9.17, 15) is 4.79 Å². The smallest absolute Gasteiger partial charge is 0.239 e. The van der Waals surface area contributed by atoms with Gasteiger partial charge in [0.25, 0.3) is 0 Å². The molecule has 0 saturated carbocycles. The molecular formula is C16H26N2O2. The van der Waals surface area contributed by atoms with E-state index in [1.165, 1.54) is 0 Å². The Hall–Kier alpha value is -1.55. The normalized spacial score (nSPS) is 12.2. The molecule has 0 aromatic heterocycles. The minimum Gasteiger partial charge on any atom is -0.396 e. The van der Waals surface area contributed by atoms with Crippen LogP contribution in [0.1, 0.15) is 27.2 Å². The van der Waals surface area contributed by atoms with Gasteiger partial charge in [-0.25, -0.2) is 0 Å². The number of hydrogen-bond acceptors (Lipinski definition) is 3. The van der Waals surface area contributed by atoms with Crippen LogP contribution in [0.4, 0.5) is 5.69 Å². The van der Waals surface area contributed by atoms with E-state index in [4.69, 9.17) is 5.11 Å². The predicted molar refractivity (Wildman–Crippen MR) is 82.8 cm³/mol. The molecular weight excluding hydrogens is 252 g/mol. The predicted octanol–water partition coefficient (Wildman–Crippen LogP) is 2.04. The van der Waals surface area contributed by atoms with Crippen molar-refractivity contribution in [2.75, 3.05) is 24.6 Å². The molecule has 4 heteroatoms. The van der Waals surface area contributed by atoms with Crippen LogP contribution < -0.4 is 10.2 Å². The van der Waals surface area contributed by atoms with E-state index in [1.807, 2.05) is 42.2 Å². The summed E-state index contributed by atoms with van der Waals surface area (Å²) < 4.78 is 0. The maximum absolute atomic E-state index is 12.1. The fourth-order valence-corrected chi connectivity index (χ4v) is 1.84. The first-order valence-corrected chi connectivity index (χ1v) is 7.24. The van der Waals surface area contributed by atoms with Gasteiger partial charge in [-0.3, -0.25) is 4.79 Å². The van der Waals surface area contributed by atoms with Gasteiger partial charge in [-0.05, 0) is 31.4 Å². The molecule has 1 rings (SSSR count). The molecule has 1 amide bonds. The van der Waals surface area contributed by atoms with E-state index < -0.39 is 0 Å². The van der Waals surface area contributed by atoms with Gasteiger partial charge in [0.15, 0.2) is 0 Å². The Labute approximate surface area is 121 Å². The van der Waals surface area contributed by atoms with E-state index in [2.05, 4.69) is 19.2 Å². The zero-order valence-electron chi connectivity index (χ0n) is 12.7. The fraction of sp³-hybridized carbons (Fsp3) is 0.562. The average molecular weight is 278 g/mol. The first-order chi connectivity index (χ1) is 9.54. The Bertz CT molecular complexity index is 393. The first kappa shape index (κ1) is 16.5. The monoisotopic (exact) mass is 278 g/mol. The number of hydrogen-bond donors (Lipinski definition) is 2. The third-order valence-electron chi connectivity index (χ3n) is 3.43. The van der Waals surface area contributed by atoms with Crippen LogP contribution in [-0.4, -0.2) is 36.8 Å². The van der Waals surface area contributed by atoms with Gasteiger partial charge in [-0.2, -0.15) is 0 Å². The Morgan fingerprint density at radius 3 is 2.45 bits per heavy atom. The van der Waals surface area contributed by atoms with Crippen LogP contribution in [0.5, 0.6) is 0 Å². The van der Waals surface area contributed by atoms with Gasteiger partial charge in [0.1, 0.15) is 0 Å². The minimum absolute atomic E-state index is 0.0213. The number of nitrogens with one attached hydrogen (secondary N) is 1. The summed E-state index contributed by atoms with van der Waals surface area (Å²) in [7, 11) is 0. The summed E-state index contributed by atoms with van der Waals surface area (Å²) in [5.74, 6) is 0.439. The summed E-state index contributed by atoms with van der Waals surface area (Å²) >= 11 is 0. The highest BCUT2D eigenvalue weighted by atomic mass is 16.3. The lowest BCUT2D eigenvalue weighted by Crippen LogP contribution is -2.43. The van der Waals surface area contributed by atoms with E-state index >= 15 is 0 Å². The number of rotatable bonds is 8. The molecule has 2 N–H and O–H groups in total. The molecule has 1 atom stereocenters. The molecule has 1 aromatic carbocycles. The van der Waals surface area contributed by atoms with Gasteiger partial charge in [0, 0.05) is 24.9 Å². The second-order valence-electron chi connectivity index (χ2n) is 5.43. The van der Waals surface area contributed by atoms with Crippen molar-refractivity contribution in [3.63, 3.8) is 0 Å². The number of carbonyl (C=O) groups is 1. The number of aliphatic hydroxyl groups excluding tert-OH is 1. The van der Waals surface area contributed by atoms with Gasteiger partial charge in [-0.1, -0.05) is 32.0 Å². The number of nitrogens with zero attached hydrogens (tertiary/aromatic N) is 1. The Kier molecular flexibility index (Phi) is 7.09. The molecule has 4 nitrogen and oxygen atoms in total. The summed E-state index contributed by atoms with van der Waals surface area (Å²) in [6.07, 6.45) is 0.655. The SMILES string of the molecule is CC(C)C(C)NC(=O)CN(CCCO)c1ccccc1. The van der Waals surface area contributed by atoms with Crippen LogP contribution in [0.25, 0.3) is 0 Å². The van der Waals surface area contributed by atoms with Crippen LogP contribution in [0, 0.1) is 5.92 Å². The molecule has 1 unspecified atom stereocenters. The lowest BCUT2D eigenvalue weighted by molar-refractivity contribution is -0.120. The number of amides is 1. The molecule has 0 aliphatic rings. The van der Waals surface area contributed by atoms with E-state index in [0.717, 1.165) is 5.69 Å². The molecule has 20 heavy (non-hydrogen) atoms. The van der Waals surface area contributed by atoms with E-state index in [-0.39, 0.29) is 18.6 Å². The zero-order valence-corrected chi connectivity index (χ0v) is 12.7. The van der Waals surface area contributed by atoms with Crippen LogP contribution in [0.15, 0.2) is 30.3 Å². The average Bonchev–Trinajstić information content (AvgIpc) is 2.44. The van der Waals surface area contributed by atoms with Crippen LogP contribution >= 0.6 is 0 Å². The summed E-state index contributed by atoms with van der Waals surface area (Å²) in [5.41, 5.74) is 1.01. The summed E-state index contributed by atoms with van der Waals surface area (Å²) in [4.78, 5) is 14.1. The molecule has 0 heterocycles. The van der Waals surface area contributed by atoms with Crippen molar-refractivity contribution in [3.05, 3.63) is 30.3 Å². The van der Waals surface area contributed by atoms with Crippen molar-refractivity contribution in [3.8, 4) is 0 Å². The summed E-state index contributed by atoms with van der Waals surface area (Å²) in [5, 5.41) is 12.0. The highest BCUT2D eigenvalue weighted by molar-refractivity contribution is 5.81. The van der Waals surface area contributed by atoms with E-state index in [0.29, 0.717) is 25.4 Å². The van der Waals surface area contributed by atoms with Crippen molar-refractivity contribution in [1.29, 1.82) is 0 Å². The Morgan fingerprint density at radius 2 is 1.90 bits per heavy atom. The van der Waals surface area contributed by atoms with Gasteiger partial charge >= 0.3 is 0 Å². The van der Waals surface area contributed by atoms with Crippen LogP contribution in [0.2, 0.25) is 0 Å². The van der Waals surface area contributed by atoms with Crippen molar-refractivity contribution in [2.45, 2.75) is 33.2 Å². The number of anilines is 1. The number of carbonyl (C=O) groups excluding carboxylic acids is 1. The summed E-state index contributed by atoms with van der Waals surface area (Å²) in [6.45, 7) is 7.32. The van der Waals surface area contributed by atoms with Crippen molar-refractivity contribution in [1.82, 2.24) is 5.32 Å². The molecule has 112 valence electrons. The maximum atomic E-state index is 12.1. The van der Waals surface area contributed by atoms with Gasteiger partial charge < -0.3 is 15.3 Å². The van der Waals surface area contributed by atoms with Crippen LogP contribution in [-0.2, 0) is 4.79 Å². The lowest BCUT2D eigenvalue weighted by atomic mass is 10.1. The molecule has 0 radical (unpaired) electrons. The minimum atomic E-state index is 0.0213. The van der Waals surface area contributed by atoms with Gasteiger partial charge in [0.2, 0.25) is 5.91 Å². The van der Waals surface area contributed by atoms with Gasteiger partial charge in [0.05, 0.1) is 6.54 Å². The molecule has 0 saturated heterocycles. The molecule has 0 fully saturated rings. The Balaban J connectivity index is 2.63. The van der Waals surface area contributed by atoms with Gasteiger partial charge in [-0.15, -0.1) is 0 Å². The standard InChI is InChI=1S/C16H26N2O2/c1-13(2)14(3)17-16(20)12-18(10-7-11-19)15-8-5-4-6-9-15/h4-6,8-9,13-14,19H,7,10-12H2,1-3H3,(H,17,20). The zero-order chi connectivity index (χ0) is 15.0. The van der Waals surface area contributed by atoms with Crippen molar-refractivity contribution >= 4 is 11.6 Å². The molecule has 0 bridgehead atoms. The Morgan fingerprint density at radius 1 is 1.25 bits per heavy atom. The number of aliphatic hydroxyl groups is 1. The molecule has 1 aromatic rings. The third-order valence-corrected chi connectivity index (χ3v) is 3.43. The number of benzene rings is 1. The molecule has 0 aliphatic heterocycles. The quantitative estimate of drug-likeness (QED) is 0.765. The van der Waals surface area contributed by atoms with Crippen LogP contribution in [0.3, 0.4) is 0 Å². The van der Waals surface area contributed by atoms with E-state index in [1.54, 1.807) is 0 Å². The second-order valence-corrected chi connectivity index (χ2v) is 5.43.